The molecular formula is C16H30O2. The summed E-state index contributed by atoms with van der Waals surface area (Å²) in [7, 11) is 0. The van der Waals surface area contributed by atoms with E-state index in [4.69, 9.17) is 9.47 Å². The molecule has 0 aromatic heterocycles. The van der Waals surface area contributed by atoms with Crippen LogP contribution in [0.25, 0.3) is 0 Å². The quantitative estimate of drug-likeness (QED) is 0.744. The summed E-state index contributed by atoms with van der Waals surface area (Å²) in [5.41, 5.74) is 0.192. The second-order valence-electron chi connectivity index (χ2n) is 7.07. The van der Waals surface area contributed by atoms with Crippen LogP contribution in [-0.2, 0) is 9.47 Å². The summed E-state index contributed by atoms with van der Waals surface area (Å²) in [6.45, 7) is 10.8. The number of rotatable bonds is 3. The molecule has 0 aromatic rings. The molecule has 0 unspecified atom stereocenters. The molecule has 1 spiro atoms. The third-order valence-corrected chi connectivity index (χ3v) is 4.96. The van der Waals surface area contributed by atoms with Crippen molar-refractivity contribution in [3.8, 4) is 0 Å². The largest absolute Gasteiger partial charge is 0.349 e. The zero-order valence-corrected chi connectivity index (χ0v) is 12.6. The Hall–Kier alpha value is -0.0800. The van der Waals surface area contributed by atoms with Gasteiger partial charge in [0, 0.05) is 18.3 Å². The van der Waals surface area contributed by atoms with E-state index in [9.17, 15) is 0 Å². The van der Waals surface area contributed by atoms with Crippen molar-refractivity contribution in [2.24, 2.45) is 17.3 Å². The molecule has 0 bridgehead atoms. The van der Waals surface area contributed by atoms with Crippen molar-refractivity contribution in [2.75, 3.05) is 13.2 Å². The topological polar surface area (TPSA) is 18.5 Å². The molecule has 1 saturated heterocycles. The van der Waals surface area contributed by atoms with Crippen LogP contribution in [0, 0.1) is 17.3 Å². The highest BCUT2D eigenvalue weighted by Gasteiger charge is 2.43. The van der Waals surface area contributed by atoms with E-state index >= 15 is 0 Å². The average molecular weight is 254 g/mol. The van der Waals surface area contributed by atoms with E-state index in [1.54, 1.807) is 0 Å². The minimum Gasteiger partial charge on any atom is -0.349 e. The highest BCUT2D eigenvalue weighted by atomic mass is 16.7. The van der Waals surface area contributed by atoms with Crippen LogP contribution in [0.3, 0.4) is 0 Å². The maximum atomic E-state index is 6.09. The Balaban J connectivity index is 1.87. The van der Waals surface area contributed by atoms with Gasteiger partial charge in [0.1, 0.15) is 0 Å². The summed E-state index contributed by atoms with van der Waals surface area (Å²) in [5.74, 6) is 1.58. The Labute approximate surface area is 112 Å². The predicted molar refractivity (Wildman–Crippen MR) is 74.4 cm³/mol. The normalized spacial score (nSPS) is 27.8. The van der Waals surface area contributed by atoms with Crippen molar-refractivity contribution in [3.05, 3.63) is 0 Å². The highest BCUT2D eigenvalue weighted by Crippen LogP contribution is 2.43. The van der Waals surface area contributed by atoms with E-state index < -0.39 is 0 Å². The van der Waals surface area contributed by atoms with Gasteiger partial charge in [-0.1, -0.05) is 40.5 Å². The molecule has 0 atom stereocenters. The first kappa shape index (κ1) is 14.3. The van der Waals surface area contributed by atoms with Crippen molar-refractivity contribution < 1.29 is 9.47 Å². The van der Waals surface area contributed by atoms with E-state index in [1.165, 1.54) is 25.7 Å². The summed E-state index contributed by atoms with van der Waals surface area (Å²) in [4.78, 5) is 0. The molecule has 2 nitrogen and oxygen atoms in total. The first-order valence-corrected chi connectivity index (χ1v) is 7.78. The third kappa shape index (κ3) is 3.08. The fourth-order valence-corrected chi connectivity index (χ4v) is 3.53. The van der Waals surface area contributed by atoms with Gasteiger partial charge in [-0.25, -0.2) is 0 Å². The summed E-state index contributed by atoms with van der Waals surface area (Å²) >= 11 is 0. The van der Waals surface area contributed by atoms with Gasteiger partial charge in [0.2, 0.25) is 0 Å². The lowest BCUT2D eigenvalue weighted by atomic mass is 9.75. The second-order valence-corrected chi connectivity index (χ2v) is 7.07. The molecule has 2 heteroatoms. The van der Waals surface area contributed by atoms with Gasteiger partial charge in [0.05, 0.1) is 13.2 Å². The highest BCUT2D eigenvalue weighted by molar-refractivity contribution is 4.86. The molecule has 2 fully saturated rings. The minimum absolute atomic E-state index is 0.192. The van der Waals surface area contributed by atoms with Crippen LogP contribution in [0.5, 0.6) is 0 Å². The molecule has 1 heterocycles. The summed E-state index contributed by atoms with van der Waals surface area (Å²) in [6.07, 6.45) is 7.42. The van der Waals surface area contributed by atoms with Gasteiger partial charge < -0.3 is 9.47 Å². The van der Waals surface area contributed by atoms with Gasteiger partial charge in [-0.05, 0) is 24.7 Å². The van der Waals surface area contributed by atoms with Gasteiger partial charge in [0.15, 0.2) is 5.79 Å². The summed E-state index contributed by atoms with van der Waals surface area (Å²) in [6, 6.07) is 0. The fourth-order valence-electron chi connectivity index (χ4n) is 3.53. The standard InChI is InChI=1S/C16H30O2/c1-5-13(6-2)14-7-9-16(10-8-14)17-11-15(3,4)12-18-16/h13-14H,5-12H2,1-4H3. The maximum Gasteiger partial charge on any atom is 0.168 e. The lowest BCUT2D eigenvalue weighted by molar-refractivity contribution is -0.313. The molecule has 0 N–H and O–H groups in total. The molecule has 0 amide bonds. The predicted octanol–water partition coefficient (Wildman–Crippen LogP) is 4.38. The van der Waals surface area contributed by atoms with E-state index in [1.807, 2.05) is 0 Å². The molecule has 18 heavy (non-hydrogen) atoms. The van der Waals surface area contributed by atoms with Gasteiger partial charge in [0.25, 0.3) is 0 Å². The number of ether oxygens (including phenoxy) is 2. The number of hydrogen-bond acceptors (Lipinski definition) is 2. The Morgan fingerprint density at radius 3 is 1.94 bits per heavy atom. The number of hydrogen-bond donors (Lipinski definition) is 0. The Morgan fingerprint density at radius 2 is 1.50 bits per heavy atom. The van der Waals surface area contributed by atoms with Gasteiger partial charge >= 0.3 is 0 Å². The lowest BCUT2D eigenvalue weighted by Crippen LogP contribution is -2.49. The molecule has 1 aliphatic carbocycles. The third-order valence-electron chi connectivity index (χ3n) is 4.96. The Bertz CT molecular complexity index is 248. The van der Waals surface area contributed by atoms with Crippen LogP contribution >= 0.6 is 0 Å². The molecular weight excluding hydrogens is 224 g/mol. The van der Waals surface area contributed by atoms with E-state index in [2.05, 4.69) is 27.7 Å². The van der Waals surface area contributed by atoms with Crippen molar-refractivity contribution >= 4 is 0 Å². The molecule has 2 aliphatic rings. The fraction of sp³-hybridized carbons (Fsp3) is 1.00. The monoisotopic (exact) mass is 254 g/mol. The molecule has 2 rings (SSSR count). The van der Waals surface area contributed by atoms with Crippen LogP contribution in [-0.4, -0.2) is 19.0 Å². The second kappa shape index (κ2) is 5.50. The molecule has 106 valence electrons. The SMILES string of the molecule is CCC(CC)C1CCC2(CC1)OCC(C)(C)CO2. The molecule has 0 aromatic carbocycles. The van der Waals surface area contributed by atoms with E-state index in [-0.39, 0.29) is 11.2 Å². The van der Waals surface area contributed by atoms with Crippen LogP contribution in [0.15, 0.2) is 0 Å². The first-order chi connectivity index (χ1) is 8.50. The molecule has 0 radical (unpaired) electrons. The zero-order chi connectivity index (χ0) is 13.2. The first-order valence-electron chi connectivity index (χ1n) is 7.78. The van der Waals surface area contributed by atoms with Crippen LogP contribution in [0.4, 0.5) is 0 Å². The Kier molecular flexibility index (Phi) is 4.38. The lowest BCUT2D eigenvalue weighted by Gasteiger charge is -2.47. The van der Waals surface area contributed by atoms with Gasteiger partial charge in [-0.3, -0.25) is 0 Å². The smallest absolute Gasteiger partial charge is 0.168 e. The summed E-state index contributed by atoms with van der Waals surface area (Å²) < 4.78 is 12.2. The van der Waals surface area contributed by atoms with Crippen molar-refractivity contribution in [1.82, 2.24) is 0 Å². The maximum absolute atomic E-state index is 6.09. The molecule has 1 saturated carbocycles. The van der Waals surface area contributed by atoms with Crippen LogP contribution in [0.1, 0.15) is 66.2 Å². The van der Waals surface area contributed by atoms with Crippen molar-refractivity contribution in [2.45, 2.75) is 72.0 Å². The van der Waals surface area contributed by atoms with Gasteiger partial charge in [-0.15, -0.1) is 0 Å². The van der Waals surface area contributed by atoms with E-state index in [0.29, 0.717) is 0 Å². The summed E-state index contributed by atoms with van der Waals surface area (Å²) in [5, 5.41) is 0. The van der Waals surface area contributed by atoms with Crippen molar-refractivity contribution in [1.29, 1.82) is 0 Å². The van der Waals surface area contributed by atoms with Crippen molar-refractivity contribution in [3.63, 3.8) is 0 Å². The average Bonchev–Trinajstić information content (AvgIpc) is 2.37. The van der Waals surface area contributed by atoms with E-state index in [0.717, 1.165) is 37.9 Å². The molecule has 1 aliphatic heterocycles. The Morgan fingerprint density at radius 1 is 1.00 bits per heavy atom. The van der Waals surface area contributed by atoms with Gasteiger partial charge in [-0.2, -0.15) is 0 Å². The van der Waals surface area contributed by atoms with Crippen LogP contribution in [0.2, 0.25) is 0 Å². The van der Waals surface area contributed by atoms with Crippen LogP contribution < -0.4 is 0 Å². The minimum atomic E-state index is -0.224. The zero-order valence-electron chi connectivity index (χ0n) is 12.6.